The normalized spacial score (nSPS) is 23.2. The second-order valence-electron chi connectivity index (χ2n) is 4.44. The average molecular weight is 226 g/mol. The maximum absolute atomic E-state index is 9.19. The number of rotatable bonds is 4. The van der Waals surface area contributed by atoms with Gasteiger partial charge in [-0.05, 0) is 25.7 Å². The van der Waals surface area contributed by atoms with Gasteiger partial charge in [-0.1, -0.05) is 5.16 Å². The summed E-state index contributed by atoms with van der Waals surface area (Å²) < 4.78 is 10.5. The van der Waals surface area contributed by atoms with Crippen LogP contribution < -0.4 is 0 Å². The third kappa shape index (κ3) is 3.28. The predicted molar refractivity (Wildman–Crippen MR) is 56.9 cm³/mol. The molecule has 1 aliphatic heterocycles. The lowest BCUT2D eigenvalue weighted by Gasteiger charge is -2.20. The summed E-state index contributed by atoms with van der Waals surface area (Å²) in [5, 5.41) is 13.1. The van der Waals surface area contributed by atoms with Gasteiger partial charge in [0, 0.05) is 19.6 Å². The summed E-state index contributed by atoms with van der Waals surface area (Å²) in [5.41, 5.74) is 0. The van der Waals surface area contributed by atoms with E-state index in [1.807, 2.05) is 0 Å². The van der Waals surface area contributed by atoms with E-state index in [1.165, 1.54) is 6.42 Å². The molecule has 2 unspecified atom stereocenters. The van der Waals surface area contributed by atoms with Crippen molar-refractivity contribution in [3.63, 3.8) is 0 Å². The molecule has 1 aromatic rings. The highest BCUT2D eigenvalue weighted by molar-refractivity contribution is 4.90. The van der Waals surface area contributed by atoms with E-state index in [2.05, 4.69) is 10.1 Å². The van der Waals surface area contributed by atoms with Gasteiger partial charge in [0.25, 0.3) is 0 Å². The van der Waals surface area contributed by atoms with Gasteiger partial charge in [0.05, 0.1) is 12.5 Å². The van der Waals surface area contributed by atoms with E-state index in [4.69, 9.17) is 9.26 Å². The lowest BCUT2D eigenvalue weighted by atomic mass is 9.98. The van der Waals surface area contributed by atoms with Crippen LogP contribution in [0.1, 0.15) is 31.5 Å². The molecule has 90 valence electrons. The van der Waals surface area contributed by atoms with Crippen molar-refractivity contribution < 1.29 is 14.4 Å². The molecular weight excluding hydrogens is 208 g/mol. The summed E-state index contributed by atoms with van der Waals surface area (Å²) in [6.45, 7) is 3.37. The molecule has 0 radical (unpaired) electrons. The first-order chi connectivity index (χ1) is 7.74. The van der Waals surface area contributed by atoms with Crippen molar-refractivity contribution in [2.45, 2.75) is 38.7 Å². The SMILES string of the molecule is CC(O)Cc1nc(CC2CCCOC2)no1. The standard InChI is InChI=1S/C11H18N2O3/c1-8(14)5-11-12-10(13-16-11)6-9-3-2-4-15-7-9/h8-9,14H,2-7H2,1H3. The molecule has 0 aliphatic carbocycles. The van der Waals surface area contributed by atoms with Crippen molar-refractivity contribution in [1.29, 1.82) is 0 Å². The minimum atomic E-state index is -0.439. The number of aliphatic hydroxyl groups is 1. The van der Waals surface area contributed by atoms with E-state index in [1.54, 1.807) is 6.92 Å². The maximum atomic E-state index is 9.19. The lowest BCUT2D eigenvalue weighted by molar-refractivity contribution is 0.0541. The zero-order chi connectivity index (χ0) is 11.4. The fraction of sp³-hybridized carbons (Fsp3) is 0.818. The van der Waals surface area contributed by atoms with Gasteiger partial charge in [0.15, 0.2) is 5.82 Å². The highest BCUT2D eigenvalue weighted by atomic mass is 16.5. The second kappa shape index (κ2) is 5.41. The van der Waals surface area contributed by atoms with Crippen LogP contribution in [0.15, 0.2) is 4.52 Å². The molecule has 2 rings (SSSR count). The van der Waals surface area contributed by atoms with Crippen molar-refractivity contribution in [3.8, 4) is 0 Å². The smallest absolute Gasteiger partial charge is 0.229 e. The van der Waals surface area contributed by atoms with Crippen LogP contribution in [-0.2, 0) is 17.6 Å². The van der Waals surface area contributed by atoms with Gasteiger partial charge < -0.3 is 14.4 Å². The Balaban J connectivity index is 1.86. The van der Waals surface area contributed by atoms with Gasteiger partial charge in [-0.15, -0.1) is 0 Å². The molecule has 5 nitrogen and oxygen atoms in total. The summed E-state index contributed by atoms with van der Waals surface area (Å²) in [4.78, 5) is 4.25. The topological polar surface area (TPSA) is 68.4 Å². The number of hydrogen-bond acceptors (Lipinski definition) is 5. The Morgan fingerprint density at radius 3 is 3.12 bits per heavy atom. The molecule has 1 aromatic heterocycles. The third-order valence-corrected chi connectivity index (χ3v) is 2.71. The molecule has 1 fully saturated rings. The molecular formula is C11H18N2O3. The largest absolute Gasteiger partial charge is 0.393 e. The molecule has 0 spiro atoms. The molecule has 2 heterocycles. The van der Waals surface area contributed by atoms with E-state index < -0.39 is 6.10 Å². The predicted octanol–water partition coefficient (Wildman–Crippen LogP) is 0.962. The zero-order valence-corrected chi connectivity index (χ0v) is 9.56. The molecule has 1 aliphatic rings. The van der Waals surface area contributed by atoms with Crippen LogP contribution in [0.5, 0.6) is 0 Å². The summed E-state index contributed by atoms with van der Waals surface area (Å²) in [7, 11) is 0. The molecule has 0 bridgehead atoms. The highest BCUT2D eigenvalue weighted by Crippen LogP contribution is 2.17. The summed E-state index contributed by atoms with van der Waals surface area (Å²) in [5.74, 6) is 1.75. The van der Waals surface area contributed by atoms with E-state index in [-0.39, 0.29) is 0 Å². The Labute approximate surface area is 94.8 Å². The molecule has 0 amide bonds. The van der Waals surface area contributed by atoms with Gasteiger partial charge in [-0.2, -0.15) is 4.98 Å². The monoisotopic (exact) mass is 226 g/mol. The van der Waals surface area contributed by atoms with Crippen molar-refractivity contribution in [1.82, 2.24) is 10.1 Å². The molecule has 5 heteroatoms. The van der Waals surface area contributed by atoms with E-state index in [0.717, 1.165) is 31.9 Å². The Bertz CT molecular complexity index is 319. The minimum Gasteiger partial charge on any atom is -0.393 e. The van der Waals surface area contributed by atoms with Crippen molar-refractivity contribution in [2.24, 2.45) is 5.92 Å². The van der Waals surface area contributed by atoms with E-state index >= 15 is 0 Å². The van der Waals surface area contributed by atoms with Crippen LogP contribution in [0.4, 0.5) is 0 Å². The van der Waals surface area contributed by atoms with E-state index in [0.29, 0.717) is 18.2 Å². The fourth-order valence-corrected chi connectivity index (χ4v) is 1.94. The lowest BCUT2D eigenvalue weighted by Crippen LogP contribution is -2.19. The van der Waals surface area contributed by atoms with Crippen LogP contribution in [0.25, 0.3) is 0 Å². The number of hydrogen-bond donors (Lipinski definition) is 1. The Morgan fingerprint density at radius 2 is 2.44 bits per heavy atom. The number of aromatic nitrogens is 2. The maximum Gasteiger partial charge on any atom is 0.229 e. The third-order valence-electron chi connectivity index (χ3n) is 2.71. The average Bonchev–Trinajstić information content (AvgIpc) is 2.66. The molecule has 16 heavy (non-hydrogen) atoms. The first-order valence-electron chi connectivity index (χ1n) is 5.81. The van der Waals surface area contributed by atoms with Gasteiger partial charge in [-0.25, -0.2) is 0 Å². The second-order valence-corrected chi connectivity index (χ2v) is 4.44. The summed E-state index contributed by atoms with van der Waals surface area (Å²) in [6, 6.07) is 0. The van der Waals surface area contributed by atoms with Crippen molar-refractivity contribution >= 4 is 0 Å². The molecule has 0 saturated carbocycles. The molecule has 2 atom stereocenters. The quantitative estimate of drug-likeness (QED) is 0.828. The van der Waals surface area contributed by atoms with E-state index in [9.17, 15) is 5.11 Å². The molecule has 1 N–H and O–H groups in total. The van der Waals surface area contributed by atoms with Crippen molar-refractivity contribution in [2.75, 3.05) is 13.2 Å². The summed E-state index contributed by atoms with van der Waals surface area (Å²) in [6.07, 6.45) is 3.08. The van der Waals surface area contributed by atoms with Crippen LogP contribution in [-0.4, -0.2) is 34.6 Å². The Morgan fingerprint density at radius 1 is 1.56 bits per heavy atom. The van der Waals surface area contributed by atoms with Crippen LogP contribution in [0, 0.1) is 5.92 Å². The van der Waals surface area contributed by atoms with Crippen LogP contribution in [0.3, 0.4) is 0 Å². The molecule has 0 aromatic carbocycles. The van der Waals surface area contributed by atoms with Crippen LogP contribution >= 0.6 is 0 Å². The first kappa shape index (κ1) is 11.5. The molecule has 1 saturated heterocycles. The summed E-state index contributed by atoms with van der Waals surface area (Å²) >= 11 is 0. The zero-order valence-electron chi connectivity index (χ0n) is 9.56. The highest BCUT2D eigenvalue weighted by Gasteiger charge is 2.17. The Hall–Kier alpha value is -0.940. The number of ether oxygens (including phenoxy) is 1. The van der Waals surface area contributed by atoms with Crippen molar-refractivity contribution in [3.05, 3.63) is 11.7 Å². The van der Waals surface area contributed by atoms with Gasteiger partial charge in [0.1, 0.15) is 0 Å². The Kier molecular flexibility index (Phi) is 3.90. The number of nitrogens with zero attached hydrogens (tertiary/aromatic N) is 2. The van der Waals surface area contributed by atoms with Gasteiger partial charge in [-0.3, -0.25) is 0 Å². The van der Waals surface area contributed by atoms with Crippen LogP contribution in [0.2, 0.25) is 0 Å². The fourth-order valence-electron chi connectivity index (χ4n) is 1.94. The first-order valence-corrected chi connectivity index (χ1v) is 5.81. The van der Waals surface area contributed by atoms with Gasteiger partial charge in [0.2, 0.25) is 5.89 Å². The number of aliphatic hydroxyl groups excluding tert-OH is 1. The minimum absolute atomic E-state index is 0.425. The van der Waals surface area contributed by atoms with Gasteiger partial charge >= 0.3 is 0 Å².